The Labute approximate surface area is 204 Å². The second-order valence-electron chi connectivity index (χ2n) is 9.12. The first-order valence-corrected chi connectivity index (χ1v) is 12.1. The molecule has 0 radical (unpaired) electrons. The van der Waals surface area contributed by atoms with Gasteiger partial charge in [-0.15, -0.1) is 5.10 Å². The van der Waals surface area contributed by atoms with E-state index in [4.69, 9.17) is 14.2 Å². The van der Waals surface area contributed by atoms with E-state index in [1.165, 1.54) is 16.7 Å². The van der Waals surface area contributed by atoms with Crippen molar-refractivity contribution < 1.29 is 19.5 Å². The van der Waals surface area contributed by atoms with Gasteiger partial charge >= 0.3 is 0 Å². The molecular formula is C28H29N4O3+. The molecule has 0 spiro atoms. The van der Waals surface area contributed by atoms with Crippen molar-refractivity contribution in [1.29, 1.82) is 0 Å². The molecule has 4 aromatic rings. The van der Waals surface area contributed by atoms with Gasteiger partial charge < -0.3 is 19.5 Å². The standard InChI is InChI=1S/C28H28N4O3/c1-3-7-21(8-4-1)22-13-11-20(12-14-22)15-29-25-18-34-28-26(19-35-27(25)28)32-16-23(30-31-32)17-33-24-9-5-2-6-10-24/h1-14,16,25-29H,15,17-19H2/p+1/t25-,26-,27+,28+/m0/s1. The second-order valence-corrected chi connectivity index (χ2v) is 9.12. The highest BCUT2D eigenvalue weighted by Gasteiger charge is 2.50. The van der Waals surface area contributed by atoms with Crippen LogP contribution in [0.3, 0.4) is 0 Å². The number of quaternary nitrogens is 1. The molecule has 2 aliphatic heterocycles. The van der Waals surface area contributed by atoms with Gasteiger partial charge in [-0.1, -0.05) is 78.0 Å². The van der Waals surface area contributed by atoms with Crippen LogP contribution in [0.1, 0.15) is 17.3 Å². The average Bonchev–Trinajstić information content (AvgIpc) is 3.65. The third-order valence-corrected chi connectivity index (χ3v) is 6.81. The molecule has 0 amide bonds. The molecule has 1 aromatic heterocycles. The Morgan fingerprint density at radius 1 is 0.829 bits per heavy atom. The van der Waals surface area contributed by atoms with Crippen molar-refractivity contribution in [2.45, 2.75) is 37.4 Å². The zero-order valence-electron chi connectivity index (χ0n) is 19.4. The number of aromatic nitrogens is 3. The van der Waals surface area contributed by atoms with Crippen molar-refractivity contribution in [3.63, 3.8) is 0 Å². The van der Waals surface area contributed by atoms with Gasteiger partial charge in [-0.25, -0.2) is 4.68 Å². The summed E-state index contributed by atoms with van der Waals surface area (Å²) >= 11 is 0. The van der Waals surface area contributed by atoms with Crippen LogP contribution in [0, 0.1) is 0 Å². The first kappa shape index (κ1) is 22.0. The summed E-state index contributed by atoms with van der Waals surface area (Å²) in [5.41, 5.74) is 4.56. The van der Waals surface area contributed by atoms with Gasteiger partial charge in [0.15, 0.2) is 0 Å². The van der Waals surface area contributed by atoms with E-state index in [1.54, 1.807) is 0 Å². The predicted octanol–water partition coefficient (Wildman–Crippen LogP) is 3.00. The van der Waals surface area contributed by atoms with Crippen molar-refractivity contribution in [2.24, 2.45) is 0 Å². The molecule has 4 atom stereocenters. The van der Waals surface area contributed by atoms with Crippen molar-refractivity contribution >= 4 is 0 Å². The van der Waals surface area contributed by atoms with Gasteiger partial charge in [0.2, 0.25) is 0 Å². The van der Waals surface area contributed by atoms with Crippen LogP contribution in [0.4, 0.5) is 0 Å². The van der Waals surface area contributed by atoms with E-state index < -0.39 is 0 Å². The van der Waals surface area contributed by atoms with Gasteiger partial charge in [0.1, 0.15) is 55.5 Å². The number of ether oxygens (including phenoxy) is 3. The molecule has 2 fully saturated rings. The summed E-state index contributed by atoms with van der Waals surface area (Å²) in [4.78, 5) is 0. The average molecular weight is 470 g/mol. The number of benzene rings is 3. The molecule has 2 N–H and O–H groups in total. The Kier molecular flexibility index (Phi) is 6.28. The van der Waals surface area contributed by atoms with E-state index in [0.29, 0.717) is 19.8 Å². The fraction of sp³-hybridized carbons (Fsp3) is 0.286. The number of nitrogens with two attached hydrogens (primary N) is 1. The molecule has 35 heavy (non-hydrogen) atoms. The Hall–Kier alpha value is -3.52. The van der Waals surface area contributed by atoms with Crippen LogP contribution in [0.25, 0.3) is 11.1 Å². The molecule has 0 aliphatic carbocycles. The molecule has 3 aromatic carbocycles. The summed E-state index contributed by atoms with van der Waals surface area (Å²) in [5.74, 6) is 0.818. The topological polar surface area (TPSA) is 75.0 Å². The van der Waals surface area contributed by atoms with E-state index in [1.807, 2.05) is 47.3 Å². The highest BCUT2D eigenvalue weighted by molar-refractivity contribution is 5.63. The lowest BCUT2D eigenvalue weighted by molar-refractivity contribution is -0.707. The number of nitrogens with zero attached hydrogens (tertiary/aromatic N) is 3. The lowest BCUT2D eigenvalue weighted by Crippen LogP contribution is -2.91. The summed E-state index contributed by atoms with van der Waals surface area (Å²) in [6.45, 7) is 2.52. The van der Waals surface area contributed by atoms with Crippen LogP contribution in [0.15, 0.2) is 91.1 Å². The highest BCUT2D eigenvalue weighted by atomic mass is 16.6. The Morgan fingerprint density at radius 3 is 2.34 bits per heavy atom. The highest BCUT2D eigenvalue weighted by Crippen LogP contribution is 2.33. The quantitative estimate of drug-likeness (QED) is 0.430. The minimum Gasteiger partial charge on any atom is -0.487 e. The SMILES string of the molecule is c1ccc(OCc2cn([C@H]3CO[C@H]4[C@@H]3OC[C@@H]4[NH2+]Cc3ccc(-c4ccccc4)cc3)nn2)cc1. The van der Waals surface area contributed by atoms with Crippen LogP contribution in [0.5, 0.6) is 5.75 Å². The van der Waals surface area contributed by atoms with Crippen molar-refractivity contribution in [1.82, 2.24) is 15.0 Å². The third-order valence-electron chi connectivity index (χ3n) is 6.81. The van der Waals surface area contributed by atoms with Crippen LogP contribution in [-0.4, -0.2) is 46.5 Å². The molecule has 2 saturated heterocycles. The largest absolute Gasteiger partial charge is 0.487 e. The Bertz CT molecular complexity index is 1230. The predicted molar refractivity (Wildman–Crippen MR) is 131 cm³/mol. The lowest BCUT2D eigenvalue weighted by Gasteiger charge is -2.15. The molecule has 6 rings (SSSR count). The van der Waals surface area contributed by atoms with Gasteiger partial charge in [0.05, 0.1) is 12.8 Å². The van der Waals surface area contributed by atoms with Crippen LogP contribution >= 0.6 is 0 Å². The summed E-state index contributed by atoms with van der Waals surface area (Å²) in [7, 11) is 0. The number of para-hydroxylation sites is 1. The zero-order valence-corrected chi connectivity index (χ0v) is 19.4. The molecule has 7 heteroatoms. The smallest absolute Gasteiger partial charge is 0.140 e. The van der Waals surface area contributed by atoms with E-state index in [-0.39, 0.29) is 24.3 Å². The summed E-state index contributed by atoms with van der Waals surface area (Å²) in [6, 6.07) is 29.3. The lowest BCUT2D eigenvalue weighted by atomic mass is 10.0. The van der Waals surface area contributed by atoms with Crippen LogP contribution < -0.4 is 10.1 Å². The maximum Gasteiger partial charge on any atom is 0.140 e. The monoisotopic (exact) mass is 469 g/mol. The van der Waals surface area contributed by atoms with Gasteiger partial charge in [0, 0.05) is 5.56 Å². The normalized spacial score (nSPS) is 23.3. The molecular weight excluding hydrogens is 440 g/mol. The van der Waals surface area contributed by atoms with E-state index >= 15 is 0 Å². The number of hydrogen-bond donors (Lipinski definition) is 1. The minimum atomic E-state index is -0.0127. The summed E-state index contributed by atoms with van der Waals surface area (Å²) in [6.07, 6.45) is 1.98. The van der Waals surface area contributed by atoms with Gasteiger partial charge in [0.25, 0.3) is 0 Å². The first-order valence-electron chi connectivity index (χ1n) is 12.1. The number of rotatable bonds is 8. The third kappa shape index (κ3) is 4.84. The maximum absolute atomic E-state index is 6.18. The van der Waals surface area contributed by atoms with Crippen molar-refractivity contribution in [2.75, 3.05) is 13.2 Å². The van der Waals surface area contributed by atoms with E-state index in [9.17, 15) is 0 Å². The zero-order chi connectivity index (χ0) is 23.5. The molecule has 0 saturated carbocycles. The number of hydrogen-bond acceptors (Lipinski definition) is 5. The second kappa shape index (κ2) is 10.00. The molecule has 0 bridgehead atoms. The van der Waals surface area contributed by atoms with Gasteiger partial charge in [-0.3, -0.25) is 0 Å². The van der Waals surface area contributed by atoms with Gasteiger partial charge in [-0.05, 0) is 23.3 Å². The first-order chi connectivity index (χ1) is 17.3. The van der Waals surface area contributed by atoms with Crippen molar-refractivity contribution in [3.05, 3.63) is 102 Å². The van der Waals surface area contributed by atoms with Crippen LogP contribution in [-0.2, 0) is 22.6 Å². The van der Waals surface area contributed by atoms with E-state index in [0.717, 1.165) is 18.0 Å². The van der Waals surface area contributed by atoms with Crippen molar-refractivity contribution in [3.8, 4) is 16.9 Å². The molecule has 2 aliphatic rings. The Morgan fingerprint density at radius 2 is 1.54 bits per heavy atom. The molecule has 3 heterocycles. The maximum atomic E-state index is 6.18. The summed E-state index contributed by atoms with van der Waals surface area (Å²) < 4.78 is 20.0. The number of fused-ring (bicyclic) bond motifs is 1. The molecule has 0 unspecified atom stereocenters. The molecule has 7 nitrogen and oxygen atoms in total. The van der Waals surface area contributed by atoms with Crippen LogP contribution in [0.2, 0.25) is 0 Å². The molecule has 178 valence electrons. The fourth-order valence-electron chi connectivity index (χ4n) is 4.90. The fourth-order valence-corrected chi connectivity index (χ4v) is 4.90. The summed E-state index contributed by atoms with van der Waals surface area (Å²) in [5, 5.41) is 11.0. The Balaban J connectivity index is 1.03. The van der Waals surface area contributed by atoms with Gasteiger partial charge in [-0.2, -0.15) is 0 Å². The minimum absolute atomic E-state index is 0.0127. The van der Waals surface area contributed by atoms with E-state index in [2.05, 4.69) is 64.2 Å².